The summed E-state index contributed by atoms with van der Waals surface area (Å²) in [6.07, 6.45) is 1.15. The van der Waals surface area contributed by atoms with Crippen LogP contribution in [0.15, 0.2) is 54.6 Å². The molecule has 5 nitrogen and oxygen atoms in total. The van der Waals surface area contributed by atoms with Crippen molar-refractivity contribution >= 4 is 16.8 Å². The van der Waals surface area contributed by atoms with E-state index in [-0.39, 0.29) is 18.1 Å². The predicted molar refractivity (Wildman–Crippen MR) is 108 cm³/mol. The van der Waals surface area contributed by atoms with Crippen LogP contribution in [0.5, 0.6) is 0 Å². The van der Waals surface area contributed by atoms with E-state index in [9.17, 15) is 4.79 Å². The summed E-state index contributed by atoms with van der Waals surface area (Å²) >= 11 is 0. The van der Waals surface area contributed by atoms with Gasteiger partial charge in [-0.2, -0.15) is 0 Å². The second-order valence-electron chi connectivity index (χ2n) is 7.17. The molecule has 140 valence electrons. The number of benzene rings is 2. The number of carbonyl (C=O) groups excluding carboxylic acids is 1. The van der Waals surface area contributed by atoms with E-state index in [1.165, 1.54) is 16.6 Å². The molecule has 1 aliphatic rings. The second-order valence-corrected chi connectivity index (χ2v) is 7.17. The molecule has 0 spiro atoms. The molecule has 0 aliphatic carbocycles. The van der Waals surface area contributed by atoms with Gasteiger partial charge in [-0.1, -0.05) is 42.5 Å². The van der Waals surface area contributed by atoms with Gasteiger partial charge in [0.25, 0.3) is 0 Å². The van der Waals surface area contributed by atoms with Crippen molar-refractivity contribution in [3.05, 3.63) is 71.4 Å². The molecular formula is C22H26N4O. The first-order valence-electron chi connectivity index (χ1n) is 9.59. The van der Waals surface area contributed by atoms with Crippen LogP contribution in [0.1, 0.15) is 36.2 Å². The highest BCUT2D eigenvalue weighted by Gasteiger charge is 2.28. The first-order chi connectivity index (χ1) is 13.2. The van der Waals surface area contributed by atoms with Gasteiger partial charge >= 0.3 is 0 Å². The average molecular weight is 362 g/mol. The second kappa shape index (κ2) is 7.55. The number of hydrogen-bond acceptors (Lipinski definition) is 3. The van der Waals surface area contributed by atoms with E-state index >= 15 is 0 Å². The molecule has 1 saturated heterocycles. The fourth-order valence-electron chi connectivity index (χ4n) is 3.94. The van der Waals surface area contributed by atoms with E-state index in [1.807, 2.05) is 31.2 Å². The summed E-state index contributed by atoms with van der Waals surface area (Å²) in [6.45, 7) is 5.13. The normalized spacial score (nSPS) is 19.5. The monoisotopic (exact) mass is 362 g/mol. The molecule has 27 heavy (non-hydrogen) atoms. The number of aryl methyl sites for hydroxylation is 2. The Balaban J connectivity index is 1.43. The maximum Gasteiger partial charge on any atom is 0.225 e. The molecule has 2 unspecified atom stereocenters. The van der Waals surface area contributed by atoms with Gasteiger partial charge in [0.05, 0.1) is 18.6 Å². The van der Waals surface area contributed by atoms with E-state index < -0.39 is 0 Å². The van der Waals surface area contributed by atoms with Crippen LogP contribution in [0, 0.1) is 6.92 Å². The SMILES string of the molecule is CCn1c(C2CC(NC(=O)Cc3ccccc3C)NN2)cc2ccccc21. The molecule has 4 rings (SSSR count). The summed E-state index contributed by atoms with van der Waals surface area (Å²) in [6, 6.07) is 18.9. The number of fused-ring (bicyclic) bond motifs is 1. The maximum atomic E-state index is 12.4. The number of carbonyl (C=O) groups is 1. The minimum absolute atomic E-state index is 0.0419. The van der Waals surface area contributed by atoms with Crippen LogP contribution in [0.25, 0.3) is 10.9 Å². The van der Waals surface area contributed by atoms with Crippen molar-refractivity contribution in [2.24, 2.45) is 0 Å². The third-order valence-corrected chi connectivity index (χ3v) is 5.37. The molecule has 1 aliphatic heterocycles. The quantitative estimate of drug-likeness (QED) is 0.653. The Labute approximate surface area is 159 Å². The lowest BCUT2D eigenvalue weighted by Crippen LogP contribution is -2.44. The van der Waals surface area contributed by atoms with Gasteiger partial charge in [0.15, 0.2) is 0 Å². The molecule has 0 saturated carbocycles. The van der Waals surface area contributed by atoms with Crippen LogP contribution < -0.4 is 16.2 Å². The zero-order valence-electron chi connectivity index (χ0n) is 15.8. The summed E-state index contributed by atoms with van der Waals surface area (Å²) in [4.78, 5) is 12.4. The van der Waals surface area contributed by atoms with E-state index in [0.717, 1.165) is 24.1 Å². The molecule has 0 radical (unpaired) electrons. The Bertz CT molecular complexity index is 962. The number of rotatable bonds is 5. The van der Waals surface area contributed by atoms with Gasteiger partial charge in [-0.05, 0) is 42.5 Å². The highest BCUT2D eigenvalue weighted by Crippen LogP contribution is 2.28. The lowest BCUT2D eigenvalue weighted by Gasteiger charge is -2.14. The van der Waals surface area contributed by atoms with Crippen LogP contribution in [0.2, 0.25) is 0 Å². The molecule has 1 amide bonds. The van der Waals surface area contributed by atoms with Crippen LogP contribution in [0.4, 0.5) is 0 Å². The summed E-state index contributed by atoms with van der Waals surface area (Å²) in [5.41, 5.74) is 11.3. The fraction of sp³-hybridized carbons (Fsp3) is 0.318. The summed E-state index contributed by atoms with van der Waals surface area (Å²) in [7, 11) is 0. The Morgan fingerprint density at radius 1 is 1.15 bits per heavy atom. The topological polar surface area (TPSA) is 58.1 Å². The largest absolute Gasteiger partial charge is 0.343 e. The number of nitrogens with one attached hydrogen (secondary N) is 3. The minimum Gasteiger partial charge on any atom is -0.343 e. The van der Waals surface area contributed by atoms with Crippen molar-refractivity contribution in [2.45, 2.75) is 45.4 Å². The van der Waals surface area contributed by atoms with Gasteiger partial charge in [0.1, 0.15) is 0 Å². The number of hydrogen-bond donors (Lipinski definition) is 3. The highest BCUT2D eigenvalue weighted by atomic mass is 16.1. The third kappa shape index (κ3) is 3.61. The van der Waals surface area contributed by atoms with Gasteiger partial charge in [-0.3, -0.25) is 4.79 Å². The fourth-order valence-corrected chi connectivity index (χ4v) is 3.94. The van der Waals surface area contributed by atoms with Gasteiger partial charge in [-0.15, -0.1) is 0 Å². The lowest BCUT2D eigenvalue weighted by molar-refractivity contribution is -0.121. The first kappa shape index (κ1) is 17.8. The van der Waals surface area contributed by atoms with E-state index in [2.05, 4.69) is 58.0 Å². The molecule has 5 heteroatoms. The number of hydrazine groups is 1. The van der Waals surface area contributed by atoms with Crippen LogP contribution in [-0.4, -0.2) is 16.6 Å². The van der Waals surface area contributed by atoms with E-state index in [4.69, 9.17) is 0 Å². The van der Waals surface area contributed by atoms with Crippen molar-refractivity contribution in [2.75, 3.05) is 0 Å². The molecule has 2 heterocycles. The van der Waals surface area contributed by atoms with Crippen molar-refractivity contribution in [3.8, 4) is 0 Å². The molecule has 3 aromatic rings. The molecule has 2 aromatic carbocycles. The van der Waals surface area contributed by atoms with Gasteiger partial charge in [0.2, 0.25) is 5.91 Å². The molecule has 3 N–H and O–H groups in total. The Kier molecular flexibility index (Phi) is 4.97. The zero-order chi connectivity index (χ0) is 18.8. The van der Waals surface area contributed by atoms with Crippen LogP contribution in [-0.2, 0) is 17.8 Å². The van der Waals surface area contributed by atoms with E-state index in [0.29, 0.717) is 6.42 Å². The van der Waals surface area contributed by atoms with Gasteiger partial charge in [0, 0.05) is 24.2 Å². The van der Waals surface area contributed by atoms with Crippen molar-refractivity contribution in [1.29, 1.82) is 0 Å². The third-order valence-electron chi connectivity index (χ3n) is 5.37. The lowest BCUT2D eigenvalue weighted by atomic mass is 10.1. The van der Waals surface area contributed by atoms with Crippen molar-refractivity contribution in [3.63, 3.8) is 0 Å². The Morgan fingerprint density at radius 2 is 1.93 bits per heavy atom. The first-order valence-corrected chi connectivity index (χ1v) is 9.59. The minimum atomic E-state index is -0.0742. The number of aromatic nitrogens is 1. The average Bonchev–Trinajstić information content (AvgIpc) is 3.27. The Morgan fingerprint density at radius 3 is 2.74 bits per heavy atom. The molecule has 1 aromatic heterocycles. The summed E-state index contributed by atoms with van der Waals surface area (Å²) in [5, 5.41) is 4.36. The Hall–Kier alpha value is -2.63. The number of amides is 1. The molecule has 2 atom stereocenters. The van der Waals surface area contributed by atoms with Gasteiger partial charge < -0.3 is 9.88 Å². The smallest absolute Gasteiger partial charge is 0.225 e. The van der Waals surface area contributed by atoms with Crippen LogP contribution >= 0.6 is 0 Å². The maximum absolute atomic E-state index is 12.4. The highest BCUT2D eigenvalue weighted by molar-refractivity contribution is 5.81. The van der Waals surface area contributed by atoms with Crippen molar-refractivity contribution < 1.29 is 4.79 Å². The van der Waals surface area contributed by atoms with E-state index in [1.54, 1.807) is 0 Å². The summed E-state index contributed by atoms with van der Waals surface area (Å²) < 4.78 is 2.34. The summed E-state index contributed by atoms with van der Waals surface area (Å²) in [5.74, 6) is 0.0419. The van der Waals surface area contributed by atoms with Crippen molar-refractivity contribution in [1.82, 2.24) is 20.7 Å². The standard InChI is InChI=1S/C22H26N4O/c1-3-26-19-11-7-6-10-17(19)12-20(26)18-14-21(25-24-18)23-22(27)13-16-9-5-4-8-15(16)2/h4-12,18,21,24-25H,3,13-14H2,1-2H3,(H,23,27). The van der Waals surface area contributed by atoms with Gasteiger partial charge in [-0.25, -0.2) is 10.9 Å². The van der Waals surface area contributed by atoms with Crippen LogP contribution in [0.3, 0.4) is 0 Å². The molecule has 0 bridgehead atoms. The molecular weight excluding hydrogens is 336 g/mol. The number of para-hydroxylation sites is 1. The number of nitrogens with zero attached hydrogens (tertiary/aromatic N) is 1. The molecule has 1 fully saturated rings. The predicted octanol–water partition coefficient (Wildman–Crippen LogP) is 3.19. The zero-order valence-corrected chi connectivity index (χ0v) is 15.8.